The zero-order chi connectivity index (χ0) is 24.6. The second kappa shape index (κ2) is 11.6. The molecule has 35 heavy (non-hydrogen) atoms. The van der Waals surface area contributed by atoms with Crippen molar-refractivity contribution in [3.8, 4) is 11.4 Å². The third-order valence-corrected chi connectivity index (χ3v) is 6.43. The maximum absolute atomic E-state index is 13.3. The maximum Gasteiger partial charge on any atom is 0.281 e. The normalized spacial score (nSPS) is 10.7. The summed E-state index contributed by atoms with van der Waals surface area (Å²) < 4.78 is 20.9. The van der Waals surface area contributed by atoms with Crippen molar-refractivity contribution in [2.45, 2.75) is 17.7 Å². The van der Waals surface area contributed by atoms with Gasteiger partial charge in [-0.15, -0.1) is 10.2 Å². The highest BCUT2D eigenvalue weighted by Crippen LogP contribution is 2.27. The molecule has 2 aromatic carbocycles. The molecule has 2 heterocycles. The number of rotatable bonds is 10. The Morgan fingerprint density at radius 1 is 1.09 bits per heavy atom. The summed E-state index contributed by atoms with van der Waals surface area (Å²) in [7, 11) is 0. The lowest BCUT2D eigenvalue weighted by molar-refractivity contribution is -0.113. The van der Waals surface area contributed by atoms with Gasteiger partial charge in [-0.3, -0.25) is 14.9 Å². The van der Waals surface area contributed by atoms with E-state index in [1.165, 1.54) is 28.6 Å². The standard InChI is InChI=1S/C23H21FN6O3S2/c1-2-12-33-18-13-30(17-10-8-15(24)9-11-17)29-20(18)21(32)26-22-27-28-23(35-22)34-14-19(31)25-16-6-4-3-5-7-16/h3-11,13H,2,12,14H2,1H3,(H,25,31)(H,26,27,32). The van der Waals surface area contributed by atoms with Crippen LogP contribution >= 0.6 is 23.1 Å². The van der Waals surface area contributed by atoms with Crippen LogP contribution in [-0.2, 0) is 4.79 Å². The fraction of sp³-hybridized carbons (Fsp3) is 0.174. The first-order valence-corrected chi connectivity index (χ1v) is 12.4. The molecule has 0 saturated carbocycles. The molecule has 0 aliphatic carbocycles. The van der Waals surface area contributed by atoms with Gasteiger partial charge >= 0.3 is 0 Å². The number of anilines is 2. The first-order chi connectivity index (χ1) is 17.0. The van der Waals surface area contributed by atoms with E-state index in [4.69, 9.17) is 4.74 Å². The van der Waals surface area contributed by atoms with Gasteiger partial charge in [0.15, 0.2) is 15.8 Å². The zero-order valence-electron chi connectivity index (χ0n) is 18.6. The number of ether oxygens (including phenoxy) is 1. The number of aromatic nitrogens is 4. The van der Waals surface area contributed by atoms with Crippen molar-refractivity contribution >= 4 is 45.7 Å². The van der Waals surface area contributed by atoms with Crippen LogP contribution in [0, 0.1) is 5.82 Å². The summed E-state index contributed by atoms with van der Waals surface area (Å²) in [4.78, 5) is 25.0. The molecule has 0 spiro atoms. The highest BCUT2D eigenvalue weighted by Gasteiger charge is 2.21. The minimum atomic E-state index is -0.522. The largest absolute Gasteiger partial charge is 0.489 e. The van der Waals surface area contributed by atoms with Crippen LogP contribution in [0.1, 0.15) is 23.8 Å². The van der Waals surface area contributed by atoms with E-state index in [9.17, 15) is 14.0 Å². The number of benzene rings is 2. The van der Waals surface area contributed by atoms with Crippen molar-refractivity contribution in [3.05, 3.63) is 72.3 Å². The molecule has 12 heteroatoms. The molecule has 0 saturated heterocycles. The van der Waals surface area contributed by atoms with Gasteiger partial charge in [-0.2, -0.15) is 5.10 Å². The second-order valence-electron chi connectivity index (χ2n) is 7.14. The molecule has 0 unspecified atom stereocenters. The summed E-state index contributed by atoms with van der Waals surface area (Å²) >= 11 is 2.36. The number of carbonyl (C=O) groups is 2. The van der Waals surface area contributed by atoms with Crippen molar-refractivity contribution in [1.29, 1.82) is 0 Å². The Hall–Kier alpha value is -3.77. The molecule has 4 rings (SSSR count). The van der Waals surface area contributed by atoms with E-state index in [1.54, 1.807) is 30.5 Å². The minimum absolute atomic E-state index is 0.0643. The first kappa shape index (κ1) is 24.4. The second-order valence-corrected chi connectivity index (χ2v) is 9.34. The number of hydrogen-bond donors (Lipinski definition) is 2. The van der Waals surface area contributed by atoms with E-state index in [0.717, 1.165) is 17.8 Å². The Bertz CT molecular complexity index is 1290. The SMILES string of the molecule is CCCOc1cn(-c2ccc(F)cc2)nc1C(=O)Nc1nnc(SCC(=O)Nc2ccccc2)s1. The Morgan fingerprint density at radius 3 is 2.60 bits per heavy atom. The van der Waals surface area contributed by atoms with E-state index in [2.05, 4.69) is 25.9 Å². The lowest BCUT2D eigenvalue weighted by atomic mass is 10.3. The van der Waals surface area contributed by atoms with Crippen LogP contribution in [0.4, 0.5) is 15.2 Å². The number of halogens is 1. The zero-order valence-corrected chi connectivity index (χ0v) is 20.2. The molecule has 2 aromatic heterocycles. The topological polar surface area (TPSA) is 111 Å². The molecule has 9 nitrogen and oxygen atoms in total. The lowest BCUT2D eigenvalue weighted by Gasteiger charge is -2.03. The molecule has 2 amide bonds. The van der Waals surface area contributed by atoms with Gasteiger partial charge in [0.2, 0.25) is 11.0 Å². The third-order valence-electron chi connectivity index (χ3n) is 4.46. The summed E-state index contributed by atoms with van der Waals surface area (Å²) in [6.45, 7) is 2.35. The molecule has 0 aliphatic heterocycles. The van der Waals surface area contributed by atoms with Crippen molar-refractivity contribution < 1.29 is 18.7 Å². The molecule has 0 aliphatic rings. The van der Waals surface area contributed by atoms with Crippen molar-refractivity contribution in [1.82, 2.24) is 20.0 Å². The molecular formula is C23H21FN6O3S2. The van der Waals surface area contributed by atoms with Crippen LogP contribution in [0.5, 0.6) is 5.75 Å². The van der Waals surface area contributed by atoms with E-state index in [1.807, 2.05) is 25.1 Å². The Balaban J connectivity index is 1.40. The highest BCUT2D eigenvalue weighted by atomic mass is 32.2. The Labute approximate surface area is 208 Å². The smallest absolute Gasteiger partial charge is 0.281 e. The van der Waals surface area contributed by atoms with Gasteiger partial charge < -0.3 is 10.1 Å². The molecule has 0 fully saturated rings. The highest BCUT2D eigenvalue weighted by molar-refractivity contribution is 8.01. The van der Waals surface area contributed by atoms with Gasteiger partial charge in [0.1, 0.15) is 5.82 Å². The van der Waals surface area contributed by atoms with E-state index in [-0.39, 0.29) is 28.3 Å². The van der Waals surface area contributed by atoms with Gasteiger partial charge in [-0.05, 0) is 42.8 Å². The Morgan fingerprint density at radius 2 is 1.86 bits per heavy atom. The molecule has 0 bridgehead atoms. The van der Waals surface area contributed by atoms with E-state index >= 15 is 0 Å². The number of hydrogen-bond acceptors (Lipinski definition) is 8. The van der Waals surface area contributed by atoms with Gasteiger partial charge in [-0.25, -0.2) is 9.07 Å². The van der Waals surface area contributed by atoms with Gasteiger partial charge in [-0.1, -0.05) is 48.2 Å². The molecule has 0 radical (unpaired) electrons. The molecule has 2 N–H and O–H groups in total. The quantitative estimate of drug-likeness (QED) is 0.235. The van der Waals surface area contributed by atoms with Crippen molar-refractivity contribution in [2.24, 2.45) is 0 Å². The van der Waals surface area contributed by atoms with Gasteiger partial charge in [0, 0.05) is 5.69 Å². The number of nitrogens with one attached hydrogen (secondary N) is 2. The molecule has 4 aromatic rings. The van der Waals surface area contributed by atoms with E-state index < -0.39 is 5.91 Å². The number of nitrogens with zero attached hydrogens (tertiary/aromatic N) is 4. The van der Waals surface area contributed by atoms with Crippen molar-refractivity contribution in [2.75, 3.05) is 23.0 Å². The number of thioether (sulfide) groups is 1. The van der Waals surface area contributed by atoms with Gasteiger partial charge in [0.25, 0.3) is 5.91 Å². The maximum atomic E-state index is 13.3. The molecule has 0 atom stereocenters. The average Bonchev–Trinajstić information content (AvgIpc) is 3.49. The van der Waals surface area contributed by atoms with Crippen LogP contribution < -0.4 is 15.4 Å². The predicted octanol–water partition coefficient (Wildman–Crippen LogP) is 4.63. The summed E-state index contributed by atoms with van der Waals surface area (Å²) in [6.07, 6.45) is 2.32. The molecular weight excluding hydrogens is 491 g/mol. The number of amides is 2. The van der Waals surface area contributed by atoms with Crippen LogP contribution in [0.2, 0.25) is 0 Å². The Kier molecular flexibility index (Phi) is 8.06. The summed E-state index contributed by atoms with van der Waals surface area (Å²) in [5.41, 5.74) is 1.36. The van der Waals surface area contributed by atoms with Crippen LogP contribution in [0.25, 0.3) is 5.69 Å². The number of para-hydroxylation sites is 1. The minimum Gasteiger partial charge on any atom is -0.489 e. The van der Waals surface area contributed by atoms with Gasteiger partial charge in [0.05, 0.1) is 24.2 Å². The monoisotopic (exact) mass is 512 g/mol. The fourth-order valence-corrected chi connectivity index (χ4v) is 4.43. The van der Waals surface area contributed by atoms with Crippen LogP contribution in [0.3, 0.4) is 0 Å². The predicted molar refractivity (Wildman–Crippen MR) is 133 cm³/mol. The molecule has 180 valence electrons. The van der Waals surface area contributed by atoms with Crippen LogP contribution in [0.15, 0.2) is 65.1 Å². The number of carbonyl (C=O) groups excluding carboxylic acids is 2. The average molecular weight is 513 g/mol. The van der Waals surface area contributed by atoms with Crippen LogP contribution in [-0.4, -0.2) is 44.2 Å². The summed E-state index contributed by atoms with van der Waals surface area (Å²) in [6, 6.07) is 14.9. The lowest BCUT2D eigenvalue weighted by Crippen LogP contribution is -2.14. The first-order valence-electron chi connectivity index (χ1n) is 10.6. The summed E-state index contributed by atoms with van der Waals surface area (Å²) in [5.74, 6) is -0.624. The third kappa shape index (κ3) is 6.64. The van der Waals surface area contributed by atoms with E-state index in [0.29, 0.717) is 28.1 Å². The van der Waals surface area contributed by atoms with Crippen molar-refractivity contribution in [3.63, 3.8) is 0 Å². The fourth-order valence-electron chi connectivity index (χ4n) is 2.88. The summed E-state index contributed by atoms with van der Waals surface area (Å²) in [5, 5.41) is 18.0.